The van der Waals surface area contributed by atoms with Gasteiger partial charge in [-0.25, -0.2) is 0 Å². The average molecular weight is 368 g/mol. The zero-order valence-corrected chi connectivity index (χ0v) is 15.6. The summed E-state index contributed by atoms with van der Waals surface area (Å²) in [6.45, 7) is 3.84. The number of aryl methyl sites for hydroxylation is 3. The Kier molecular flexibility index (Phi) is 4.07. The minimum Gasteiger partial charge on any atom is -0.451 e. The predicted molar refractivity (Wildman–Crippen MR) is 103 cm³/mol. The molecule has 0 unspecified atom stereocenters. The number of hydrogen-bond acceptors (Lipinski definition) is 4. The second-order valence-corrected chi connectivity index (χ2v) is 7.89. The summed E-state index contributed by atoms with van der Waals surface area (Å²) in [5.41, 5.74) is 9.61. The molecular weight excluding hydrogens is 348 g/mol. The molecule has 3 aromatic rings. The Morgan fingerprint density at radius 3 is 2.73 bits per heavy atom. The highest BCUT2D eigenvalue weighted by molar-refractivity contribution is 7.17. The summed E-state index contributed by atoms with van der Waals surface area (Å²) in [5.74, 6) is -0.568. The number of amides is 2. The average Bonchev–Trinajstić information content (AvgIpc) is 3.12. The SMILES string of the molecule is Cc1ccc2c(C)c(C(=O)Nc3sc4c(c3C(N)=O)CCCC4)oc2c1. The summed E-state index contributed by atoms with van der Waals surface area (Å²) in [6.07, 6.45) is 3.91. The molecule has 26 heavy (non-hydrogen) atoms. The first-order chi connectivity index (χ1) is 12.5. The van der Waals surface area contributed by atoms with Crippen molar-refractivity contribution in [2.24, 2.45) is 5.73 Å². The zero-order chi connectivity index (χ0) is 18.4. The second-order valence-electron chi connectivity index (χ2n) is 6.79. The van der Waals surface area contributed by atoms with Gasteiger partial charge in [-0.05, 0) is 56.7 Å². The van der Waals surface area contributed by atoms with Crippen LogP contribution in [0.15, 0.2) is 22.6 Å². The maximum atomic E-state index is 12.8. The molecule has 1 aromatic carbocycles. The highest BCUT2D eigenvalue weighted by Crippen LogP contribution is 2.38. The molecule has 0 aliphatic heterocycles. The van der Waals surface area contributed by atoms with Crippen LogP contribution in [0.4, 0.5) is 5.00 Å². The van der Waals surface area contributed by atoms with E-state index >= 15 is 0 Å². The molecule has 6 heteroatoms. The van der Waals surface area contributed by atoms with Crippen LogP contribution >= 0.6 is 11.3 Å². The first kappa shape index (κ1) is 16.8. The number of rotatable bonds is 3. The van der Waals surface area contributed by atoms with Gasteiger partial charge >= 0.3 is 0 Å². The van der Waals surface area contributed by atoms with Crippen LogP contribution in [0.5, 0.6) is 0 Å². The minimum absolute atomic E-state index is 0.271. The van der Waals surface area contributed by atoms with Crippen molar-refractivity contribution in [1.82, 2.24) is 0 Å². The van der Waals surface area contributed by atoms with Gasteiger partial charge in [-0.15, -0.1) is 11.3 Å². The van der Waals surface area contributed by atoms with Crippen LogP contribution in [-0.4, -0.2) is 11.8 Å². The molecule has 0 bridgehead atoms. The fraction of sp³-hybridized carbons (Fsp3) is 0.300. The van der Waals surface area contributed by atoms with E-state index in [0.29, 0.717) is 16.1 Å². The lowest BCUT2D eigenvalue weighted by molar-refractivity contribution is 0.0998. The van der Waals surface area contributed by atoms with Crippen LogP contribution in [0.1, 0.15) is 55.3 Å². The Labute approximate surface area is 155 Å². The third-order valence-electron chi connectivity index (χ3n) is 4.94. The van der Waals surface area contributed by atoms with Crippen LogP contribution in [0.3, 0.4) is 0 Å². The largest absolute Gasteiger partial charge is 0.451 e. The quantitative estimate of drug-likeness (QED) is 0.721. The smallest absolute Gasteiger partial charge is 0.292 e. The van der Waals surface area contributed by atoms with E-state index in [2.05, 4.69) is 5.32 Å². The van der Waals surface area contributed by atoms with E-state index in [-0.39, 0.29) is 11.7 Å². The third kappa shape index (κ3) is 2.70. The molecule has 0 saturated heterocycles. The number of carbonyl (C=O) groups excluding carboxylic acids is 2. The lowest BCUT2D eigenvalue weighted by Gasteiger charge is -2.11. The Bertz CT molecular complexity index is 1050. The number of thiophene rings is 1. The van der Waals surface area contributed by atoms with E-state index in [1.165, 1.54) is 11.3 Å². The predicted octanol–water partition coefficient (Wildman–Crippen LogP) is 4.34. The van der Waals surface area contributed by atoms with Crippen molar-refractivity contribution < 1.29 is 14.0 Å². The van der Waals surface area contributed by atoms with Crippen LogP contribution in [0.2, 0.25) is 0 Å². The van der Waals surface area contributed by atoms with Crippen molar-refractivity contribution in [3.8, 4) is 0 Å². The van der Waals surface area contributed by atoms with Crippen LogP contribution in [-0.2, 0) is 12.8 Å². The molecule has 2 aromatic heterocycles. The minimum atomic E-state index is -0.489. The molecule has 0 atom stereocenters. The summed E-state index contributed by atoms with van der Waals surface area (Å²) in [4.78, 5) is 25.9. The van der Waals surface area contributed by atoms with Gasteiger partial charge in [-0.1, -0.05) is 12.1 Å². The fourth-order valence-corrected chi connectivity index (χ4v) is 4.91. The van der Waals surface area contributed by atoms with Crippen molar-refractivity contribution in [2.75, 3.05) is 5.32 Å². The summed E-state index contributed by atoms with van der Waals surface area (Å²) in [7, 11) is 0. The van der Waals surface area contributed by atoms with Gasteiger partial charge < -0.3 is 15.5 Å². The molecule has 0 fully saturated rings. The molecule has 0 saturated carbocycles. The van der Waals surface area contributed by atoms with E-state index in [4.69, 9.17) is 10.2 Å². The van der Waals surface area contributed by atoms with Gasteiger partial charge in [0.2, 0.25) is 0 Å². The summed E-state index contributed by atoms with van der Waals surface area (Å²) >= 11 is 1.45. The van der Waals surface area contributed by atoms with E-state index in [9.17, 15) is 9.59 Å². The zero-order valence-electron chi connectivity index (χ0n) is 14.8. The number of benzene rings is 1. The molecular formula is C20H20N2O3S. The Hall–Kier alpha value is -2.60. The molecule has 1 aliphatic carbocycles. The first-order valence-electron chi connectivity index (χ1n) is 8.71. The third-order valence-corrected chi connectivity index (χ3v) is 6.15. The first-order valence-corrected chi connectivity index (χ1v) is 9.53. The number of nitrogens with one attached hydrogen (secondary N) is 1. The van der Waals surface area contributed by atoms with Crippen LogP contribution in [0, 0.1) is 13.8 Å². The van der Waals surface area contributed by atoms with Gasteiger partial charge in [-0.3, -0.25) is 9.59 Å². The topological polar surface area (TPSA) is 85.3 Å². The van der Waals surface area contributed by atoms with E-state index in [0.717, 1.165) is 52.6 Å². The number of anilines is 1. The highest BCUT2D eigenvalue weighted by Gasteiger charge is 2.26. The van der Waals surface area contributed by atoms with E-state index in [1.54, 1.807) is 0 Å². The number of hydrogen-bond donors (Lipinski definition) is 2. The van der Waals surface area contributed by atoms with E-state index < -0.39 is 5.91 Å². The maximum absolute atomic E-state index is 12.8. The van der Waals surface area contributed by atoms with Gasteiger partial charge in [0.15, 0.2) is 5.76 Å². The van der Waals surface area contributed by atoms with Gasteiger partial charge in [0, 0.05) is 15.8 Å². The lowest BCUT2D eigenvalue weighted by atomic mass is 9.95. The molecule has 3 N–H and O–H groups in total. The number of primary amides is 1. The molecule has 5 nitrogen and oxygen atoms in total. The number of nitrogens with two attached hydrogens (primary N) is 1. The van der Waals surface area contributed by atoms with Gasteiger partial charge in [0.25, 0.3) is 11.8 Å². The Morgan fingerprint density at radius 1 is 1.19 bits per heavy atom. The highest BCUT2D eigenvalue weighted by atomic mass is 32.1. The Balaban J connectivity index is 1.72. The van der Waals surface area contributed by atoms with Gasteiger partial charge in [0.05, 0.1) is 5.56 Å². The van der Waals surface area contributed by atoms with Crippen LogP contribution < -0.4 is 11.1 Å². The Morgan fingerprint density at radius 2 is 1.96 bits per heavy atom. The van der Waals surface area contributed by atoms with Crippen LogP contribution in [0.25, 0.3) is 11.0 Å². The van der Waals surface area contributed by atoms with Gasteiger partial charge in [0.1, 0.15) is 10.6 Å². The molecule has 0 spiro atoms. The fourth-order valence-electron chi connectivity index (χ4n) is 3.62. The van der Waals surface area contributed by atoms with Crippen molar-refractivity contribution in [1.29, 1.82) is 0 Å². The maximum Gasteiger partial charge on any atom is 0.292 e. The van der Waals surface area contributed by atoms with Crippen molar-refractivity contribution >= 4 is 39.1 Å². The summed E-state index contributed by atoms with van der Waals surface area (Å²) < 4.78 is 5.79. The second kappa shape index (κ2) is 6.29. The molecule has 2 heterocycles. The standard InChI is InChI=1S/C20H20N2O3S/c1-10-7-8-12-11(2)17(25-14(12)9-10)19(24)22-20-16(18(21)23)13-5-3-4-6-15(13)26-20/h7-9H,3-6H2,1-2H3,(H2,21,23)(H,22,24). The number of furan rings is 1. The molecule has 4 rings (SSSR count). The normalized spacial score (nSPS) is 13.6. The van der Waals surface area contributed by atoms with E-state index in [1.807, 2.05) is 32.0 Å². The van der Waals surface area contributed by atoms with Crippen molar-refractivity contribution in [3.05, 3.63) is 51.1 Å². The monoisotopic (exact) mass is 368 g/mol. The molecule has 0 radical (unpaired) electrons. The molecule has 1 aliphatic rings. The molecule has 2 amide bonds. The summed E-state index contributed by atoms with van der Waals surface area (Å²) in [5, 5.41) is 4.32. The molecule has 134 valence electrons. The number of carbonyl (C=O) groups is 2. The lowest BCUT2D eigenvalue weighted by Crippen LogP contribution is -2.18. The summed E-state index contributed by atoms with van der Waals surface area (Å²) in [6, 6.07) is 5.86. The van der Waals surface area contributed by atoms with Crippen molar-refractivity contribution in [3.63, 3.8) is 0 Å². The van der Waals surface area contributed by atoms with Gasteiger partial charge in [-0.2, -0.15) is 0 Å². The van der Waals surface area contributed by atoms with Crippen molar-refractivity contribution in [2.45, 2.75) is 39.5 Å². The number of fused-ring (bicyclic) bond motifs is 2.